The quantitative estimate of drug-likeness (QED) is 0.352. The van der Waals surface area contributed by atoms with Crippen LogP contribution in [0.4, 0.5) is 0 Å². The van der Waals surface area contributed by atoms with Gasteiger partial charge in [0.05, 0.1) is 11.9 Å². The molecule has 3 unspecified atom stereocenters. The predicted molar refractivity (Wildman–Crippen MR) is 127 cm³/mol. The van der Waals surface area contributed by atoms with Crippen LogP contribution in [0.25, 0.3) is 5.69 Å². The standard InChI is InChI=1S/C20H29N5OS.HI/c1-3-27(26)19-11-7-8-17(12-19)24-20(21-2)22-13-16-14-23-25(15-16)18-9-5-4-6-10-18;/h4-6,9-10,14-15,17,19H,3,7-8,11-13H2,1-2H3,(H2,21,22,24);1H. The summed E-state index contributed by atoms with van der Waals surface area (Å²) >= 11 is 0. The van der Waals surface area contributed by atoms with Crippen LogP contribution in [0.2, 0.25) is 0 Å². The molecule has 2 aromatic rings. The van der Waals surface area contributed by atoms with Gasteiger partial charge in [0, 0.05) is 53.2 Å². The number of nitrogens with one attached hydrogen (secondary N) is 2. The monoisotopic (exact) mass is 515 g/mol. The summed E-state index contributed by atoms with van der Waals surface area (Å²) < 4.78 is 14.0. The predicted octanol–water partition coefficient (Wildman–Crippen LogP) is 3.24. The highest BCUT2D eigenvalue weighted by Crippen LogP contribution is 2.23. The maximum absolute atomic E-state index is 12.1. The van der Waals surface area contributed by atoms with Crippen molar-refractivity contribution in [3.63, 3.8) is 0 Å². The van der Waals surface area contributed by atoms with Crippen molar-refractivity contribution < 1.29 is 4.21 Å². The number of benzene rings is 1. The van der Waals surface area contributed by atoms with Crippen LogP contribution in [-0.4, -0.2) is 44.0 Å². The van der Waals surface area contributed by atoms with Gasteiger partial charge in [0.2, 0.25) is 0 Å². The lowest BCUT2D eigenvalue weighted by molar-refractivity contribution is 0.413. The number of aliphatic imine (C=N–C) groups is 1. The smallest absolute Gasteiger partial charge is 0.191 e. The Morgan fingerprint density at radius 1 is 1.32 bits per heavy atom. The van der Waals surface area contributed by atoms with Crippen molar-refractivity contribution in [1.29, 1.82) is 0 Å². The van der Waals surface area contributed by atoms with E-state index in [9.17, 15) is 4.21 Å². The Hall–Kier alpha value is -1.42. The fourth-order valence-corrected chi connectivity index (χ4v) is 4.85. The molecule has 0 spiro atoms. The molecular weight excluding hydrogens is 485 g/mol. The van der Waals surface area contributed by atoms with Gasteiger partial charge in [-0.25, -0.2) is 4.68 Å². The fourth-order valence-electron chi connectivity index (χ4n) is 3.50. The van der Waals surface area contributed by atoms with Crippen molar-refractivity contribution >= 4 is 40.7 Å². The number of guanidine groups is 1. The molecule has 0 amide bonds. The number of nitrogens with zero attached hydrogens (tertiary/aromatic N) is 3. The van der Waals surface area contributed by atoms with E-state index in [4.69, 9.17) is 0 Å². The highest BCUT2D eigenvalue weighted by atomic mass is 127. The van der Waals surface area contributed by atoms with Crippen molar-refractivity contribution in [1.82, 2.24) is 20.4 Å². The van der Waals surface area contributed by atoms with Gasteiger partial charge in [-0.1, -0.05) is 31.5 Å². The third-order valence-electron chi connectivity index (χ3n) is 4.96. The van der Waals surface area contributed by atoms with E-state index in [0.717, 1.165) is 48.6 Å². The molecule has 0 aliphatic heterocycles. The van der Waals surface area contributed by atoms with Crippen molar-refractivity contribution in [3.8, 4) is 5.69 Å². The molecular formula is C20H30IN5OS. The number of para-hydroxylation sites is 1. The lowest BCUT2D eigenvalue weighted by Gasteiger charge is -2.30. The first-order valence-corrected chi connectivity index (χ1v) is 11.0. The van der Waals surface area contributed by atoms with E-state index in [2.05, 4.69) is 20.7 Å². The van der Waals surface area contributed by atoms with Crippen LogP contribution < -0.4 is 10.6 Å². The second-order valence-electron chi connectivity index (χ2n) is 6.85. The van der Waals surface area contributed by atoms with Gasteiger partial charge in [-0.15, -0.1) is 24.0 Å². The van der Waals surface area contributed by atoms with Crippen molar-refractivity contribution in [2.45, 2.75) is 50.4 Å². The Morgan fingerprint density at radius 2 is 2.11 bits per heavy atom. The summed E-state index contributed by atoms with van der Waals surface area (Å²) in [6.45, 7) is 2.66. The first kappa shape index (κ1) is 22.9. The van der Waals surface area contributed by atoms with E-state index in [0.29, 0.717) is 17.8 Å². The Balaban J connectivity index is 0.00000280. The molecule has 1 aromatic carbocycles. The molecule has 1 saturated carbocycles. The first-order valence-electron chi connectivity index (χ1n) is 9.63. The van der Waals surface area contributed by atoms with Gasteiger partial charge < -0.3 is 10.6 Å². The molecule has 8 heteroatoms. The molecule has 0 radical (unpaired) electrons. The van der Waals surface area contributed by atoms with E-state index in [1.165, 1.54) is 0 Å². The summed E-state index contributed by atoms with van der Waals surface area (Å²) in [4.78, 5) is 4.34. The zero-order valence-corrected chi connectivity index (χ0v) is 19.7. The number of hydrogen-bond acceptors (Lipinski definition) is 3. The first-order chi connectivity index (χ1) is 13.2. The number of rotatable bonds is 6. The zero-order chi connectivity index (χ0) is 19.1. The van der Waals surface area contributed by atoms with Crippen molar-refractivity contribution in [2.24, 2.45) is 4.99 Å². The SMILES string of the molecule is CCS(=O)C1CCCC(NC(=NC)NCc2cnn(-c3ccccc3)c2)C1.I. The molecule has 154 valence electrons. The van der Waals surface area contributed by atoms with E-state index in [1.807, 2.05) is 54.3 Å². The molecule has 1 aliphatic rings. The summed E-state index contributed by atoms with van der Waals surface area (Å²) in [5, 5.41) is 11.6. The largest absolute Gasteiger partial charge is 0.354 e. The number of halogens is 1. The van der Waals surface area contributed by atoms with Gasteiger partial charge in [0.25, 0.3) is 0 Å². The van der Waals surface area contributed by atoms with Crippen LogP contribution in [0.3, 0.4) is 0 Å². The molecule has 3 atom stereocenters. The van der Waals surface area contributed by atoms with E-state index >= 15 is 0 Å². The van der Waals surface area contributed by atoms with Crippen LogP contribution in [-0.2, 0) is 17.3 Å². The summed E-state index contributed by atoms with van der Waals surface area (Å²) in [6, 6.07) is 10.4. The Labute approximate surface area is 187 Å². The summed E-state index contributed by atoms with van der Waals surface area (Å²) in [5.74, 6) is 1.53. The molecule has 28 heavy (non-hydrogen) atoms. The van der Waals surface area contributed by atoms with Crippen molar-refractivity contribution in [3.05, 3.63) is 48.3 Å². The third kappa shape index (κ3) is 6.30. The minimum Gasteiger partial charge on any atom is -0.354 e. The van der Waals surface area contributed by atoms with Crippen LogP contribution in [0, 0.1) is 0 Å². The average molecular weight is 515 g/mol. The molecule has 1 aliphatic carbocycles. The molecule has 1 fully saturated rings. The lowest BCUT2D eigenvalue weighted by Crippen LogP contribution is -2.46. The number of hydrogen-bond donors (Lipinski definition) is 2. The maximum atomic E-state index is 12.1. The third-order valence-corrected chi connectivity index (χ3v) is 6.70. The van der Waals surface area contributed by atoms with Crippen LogP contribution >= 0.6 is 24.0 Å². The Morgan fingerprint density at radius 3 is 2.82 bits per heavy atom. The lowest BCUT2D eigenvalue weighted by atomic mass is 9.95. The normalized spacial score (nSPS) is 20.9. The van der Waals surface area contributed by atoms with Crippen molar-refractivity contribution in [2.75, 3.05) is 12.8 Å². The topological polar surface area (TPSA) is 71.3 Å². The van der Waals surface area contributed by atoms with Gasteiger partial charge in [0.1, 0.15) is 0 Å². The molecule has 2 N–H and O–H groups in total. The zero-order valence-electron chi connectivity index (χ0n) is 16.5. The van der Waals surface area contributed by atoms with Gasteiger partial charge in [0.15, 0.2) is 5.96 Å². The van der Waals surface area contributed by atoms with E-state index in [-0.39, 0.29) is 24.0 Å². The summed E-state index contributed by atoms with van der Waals surface area (Å²) in [6.07, 6.45) is 8.14. The maximum Gasteiger partial charge on any atom is 0.191 e. The van der Waals surface area contributed by atoms with E-state index in [1.54, 1.807) is 7.05 Å². The Kier molecular flexibility index (Phi) is 9.43. The molecule has 0 bridgehead atoms. The molecule has 1 heterocycles. The van der Waals surface area contributed by atoms with Gasteiger partial charge >= 0.3 is 0 Å². The minimum atomic E-state index is -0.711. The molecule has 3 rings (SSSR count). The minimum absolute atomic E-state index is 0. The summed E-state index contributed by atoms with van der Waals surface area (Å²) in [7, 11) is 1.07. The molecule has 0 saturated heterocycles. The Bertz CT molecular complexity index is 780. The average Bonchev–Trinajstić information content (AvgIpc) is 3.20. The molecule has 1 aromatic heterocycles. The van der Waals surface area contributed by atoms with Gasteiger partial charge in [-0.05, 0) is 31.4 Å². The van der Waals surface area contributed by atoms with E-state index < -0.39 is 10.8 Å². The number of aromatic nitrogens is 2. The van der Waals surface area contributed by atoms with Gasteiger partial charge in [-0.3, -0.25) is 9.20 Å². The summed E-state index contributed by atoms with van der Waals surface area (Å²) in [5.41, 5.74) is 2.14. The fraction of sp³-hybridized carbons (Fsp3) is 0.500. The van der Waals surface area contributed by atoms with Gasteiger partial charge in [-0.2, -0.15) is 5.10 Å². The highest BCUT2D eigenvalue weighted by molar-refractivity contribution is 14.0. The van der Waals surface area contributed by atoms with Crippen LogP contribution in [0.5, 0.6) is 0 Å². The highest BCUT2D eigenvalue weighted by Gasteiger charge is 2.26. The van der Waals surface area contributed by atoms with Crippen LogP contribution in [0.15, 0.2) is 47.7 Å². The second-order valence-corrected chi connectivity index (χ2v) is 8.86. The van der Waals surface area contributed by atoms with Crippen LogP contribution in [0.1, 0.15) is 38.2 Å². The molecule has 6 nitrogen and oxygen atoms in total. The second kappa shape index (κ2) is 11.5.